The van der Waals surface area contributed by atoms with Crippen LogP contribution in [0.4, 0.5) is 4.79 Å². The van der Waals surface area contributed by atoms with Crippen molar-refractivity contribution in [3.8, 4) is 0 Å². The molecule has 0 spiro atoms. The van der Waals surface area contributed by atoms with Crippen molar-refractivity contribution in [1.82, 2.24) is 5.32 Å². The lowest BCUT2D eigenvalue weighted by Crippen LogP contribution is -2.21. The fourth-order valence-corrected chi connectivity index (χ4v) is 0.873. The second kappa shape index (κ2) is 6.01. The van der Waals surface area contributed by atoms with Crippen molar-refractivity contribution >= 4 is 6.09 Å². The number of carbonyl (C=O) groups is 1. The topological polar surface area (TPSA) is 49.3 Å². The number of hydrogen-bond acceptors (Lipinski definition) is 1. The maximum atomic E-state index is 9.99. The second-order valence-electron chi connectivity index (χ2n) is 3.12. The van der Waals surface area contributed by atoms with Crippen LogP contribution in [0.1, 0.15) is 33.1 Å². The Labute approximate surface area is 67.8 Å². The third-order valence-corrected chi connectivity index (χ3v) is 1.48. The Bertz CT molecular complexity index is 113. The first-order chi connectivity index (χ1) is 5.13. The predicted molar refractivity (Wildman–Crippen MR) is 44.7 cm³/mol. The lowest BCUT2D eigenvalue weighted by Gasteiger charge is -2.03. The Morgan fingerprint density at radius 2 is 2.09 bits per heavy atom. The van der Waals surface area contributed by atoms with Gasteiger partial charge in [0.2, 0.25) is 0 Å². The highest BCUT2D eigenvalue weighted by Crippen LogP contribution is 2.04. The fourth-order valence-electron chi connectivity index (χ4n) is 0.873. The summed E-state index contributed by atoms with van der Waals surface area (Å²) in [6, 6.07) is 0. The quantitative estimate of drug-likeness (QED) is 0.603. The summed E-state index contributed by atoms with van der Waals surface area (Å²) in [7, 11) is 0. The summed E-state index contributed by atoms with van der Waals surface area (Å²) < 4.78 is 0. The SMILES string of the molecule is CC(C)CCCCNC(=O)O. The number of hydrogen-bond donors (Lipinski definition) is 2. The molecule has 0 fully saturated rings. The van der Waals surface area contributed by atoms with Crippen molar-refractivity contribution in [3.63, 3.8) is 0 Å². The maximum Gasteiger partial charge on any atom is 0.404 e. The van der Waals surface area contributed by atoms with Crippen molar-refractivity contribution in [3.05, 3.63) is 0 Å². The van der Waals surface area contributed by atoms with Gasteiger partial charge in [-0.25, -0.2) is 4.79 Å². The van der Waals surface area contributed by atoms with Crippen molar-refractivity contribution in [2.45, 2.75) is 33.1 Å². The third-order valence-electron chi connectivity index (χ3n) is 1.48. The molecule has 3 nitrogen and oxygen atoms in total. The van der Waals surface area contributed by atoms with Gasteiger partial charge < -0.3 is 10.4 Å². The Hall–Kier alpha value is -0.730. The highest BCUT2D eigenvalue weighted by atomic mass is 16.4. The zero-order valence-electron chi connectivity index (χ0n) is 7.26. The van der Waals surface area contributed by atoms with E-state index in [0.717, 1.165) is 18.8 Å². The summed E-state index contributed by atoms with van der Waals surface area (Å²) >= 11 is 0. The second-order valence-corrected chi connectivity index (χ2v) is 3.12. The number of unbranched alkanes of at least 4 members (excludes halogenated alkanes) is 1. The molecular weight excluding hydrogens is 142 g/mol. The van der Waals surface area contributed by atoms with Crippen LogP contribution in [0.3, 0.4) is 0 Å². The van der Waals surface area contributed by atoms with E-state index < -0.39 is 6.09 Å². The van der Waals surface area contributed by atoms with Crippen molar-refractivity contribution in [2.75, 3.05) is 6.54 Å². The van der Waals surface area contributed by atoms with Gasteiger partial charge in [0, 0.05) is 6.54 Å². The number of amides is 1. The third kappa shape index (κ3) is 9.27. The molecule has 0 bridgehead atoms. The molecule has 0 saturated heterocycles. The minimum atomic E-state index is -0.922. The highest BCUT2D eigenvalue weighted by molar-refractivity contribution is 5.64. The van der Waals surface area contributed by atoms with Crippen LogP contribution in [0, 0.1) is 5.92 Å². The lowest BCUT2D eigenvalue weighted by molar-refractivity contribution is 0.194. The molecule has 0 aromatic heterocycles. The van der Waals surface area contributed by atoms with E-state index in [1.165, 1.54) is 6.42 Å². The van der Waals surface area contributed by atoms with Crippen LogP contribution < -0.4 is 5.32 Å². The number of nitrogens with one attached hydrogen (secondary N) is 1. The van der Waals surface area contributed by atoms with Gasteiger partial charge in [0.25, 0.3) is 0 Å². The summed E-state index contributed by atoms with van der Waals surface area (Å²) in [5, 5.41) is 10.5. The molecule has 0 unspecified atom stereocenters. The van der Waals surface area contributed by atoms with Crippen LogP contribution in [0.25, 0.3) is 0 Å². The Morgan fingerprint density at radius 3 is 2.55 bits per heavy atom. The van der Waals surface area contributed by atoms with E-state index in [9.17, 15) is 4.79 Å². The van der Waals surface area contributed by atoms with Gasteiger partial charge >= 0.3 is 6.09 Å². The van der Waals surface area contributed by atoms with E-state index in [2.05, 4.69) is 19.2 Å². The van der Waals surface area contributed by atoms with Gasteiger partial charge in [-0.15, -0.1) is 0 Å². The fraction of sp³-hybridized carbons (Fsp3) is 0.875. The normalized spacial score (nSPS) is 10.1. The minimum Gasteiger partial charge on any atom is -0.465 e. The van der Waals surface area contributed by atoms with E-state index in [4.69, 9.17) is 5.11 Å². The molecule has 0 aliphatic heterocycles. The van der Waals surface area contributed by atoms with Crippen LogP contribution in [0.2, 0.25) is 0 Å². The smallest absolute Gasteiger partial charge is 0.404 e. The summed E-state index contributed by atoms with van der Waals surface area (Å²) in [5.74, 6) is 0.722. The Morgan fingerprint density at radius 1 is 1.45 bits per heavy atom. The van der Waals surface area contributed by atoms with Gasteiger partial charge in [-0.1, -0.05) is 26.7 Å². The summed E-state index contributed by atoms with van der Waals surface area (Å²) in [4.78, 5) is 9.99. The number of rotatable bonds is 5. The molecule has 0 atom stereocenters. The molecule has 0 aromatic carbocycles. The molecule has 3 heteroatoms. The van der Waals surface area contributed by atoms with Gasteiger partial charge in [0.15, 0.2) is 0 Å². The predicted octanol–water partition coefficient (Wildman–Crippen LogP) is 2.08. The molecule has 0 aliphatic rings. The van der Waals surface area contributed by atoms with Gasteiger partial charge in [-0.3, -0.25) is 0 Å². The largest absolute Gasteiger partial charge is 0.465 e. The van der Waals surface area contributed by atoms with Gasteiger partial charge in [-0.2, -0.15) is 0 Å². The molecule has 11 heavy (non-hydrogen) atoms. The average Bonchev–Trinajstić information content (AvgIpc) is 1.85. The first kappa shape index (κ1) is 10.3. The first-order valence-electron chi connectivity index (χ1n) is 4.09. The van der Waals surface area contributed by atoms with Crippen molar-refractivity contribution < 1.29 is 9.90 Å². The van der Waals surface area contributed by atoms with Crippen molar-refractivity contribution in [1.29, 1.82) is 0 Å². The average molecular weight is 159 g/mol. The monoisotopic (exact) mass is 159 g/mol. The van der Waals surface area contributed by atoms with Crippen LogP contribution in [0.5, 0.6) is 0 Å². The molecule has 1 amide bonds. The Balaban J connectivity index is 2.97. The molecule has 0 aliphatic carbocycles. The van der Waals surface area contributed by atoms with Crippen molar-refractivity contribution in [2.24, 2.45) is 5.92 Å². The first-order valence-corrected chi connectivity index (χ1v) is 4.09. The van der Waals surface area contributed by atoms with Crippen LogP contribution in [-0.2, 0) is 0 Å². The van der Waals surface area contributed by atoms with E-state index in [1.54, 1.807) is 0 Å². The van der Waals surface area contributed by atoms with Crippen LogP contribution in [-0.4, -0.2) is 17.7 Å². The summed E-state index contributed by atoms with van der Waals surface area (Å²) in [5.41, 5.74) is 0. The highest BCUT2D eigenvalue weighted by Gasteiger charge is 1.95. The van der Waals surface area contributed by atoms with Crippen LogP contribution >= 0.6 is 0 Å². The zero-order valence-corrected chi connectivity index (χ0v) is 7.26. The van der Waals surface area contributed by atoms with E-state index in [-0.39, 0.29) is 0 Å². The molecule has 0 radical (unpaired) electrons. The molecule has 0 aromatic rings. The standard InChI is InChI=1S/C8H17NO2/c1-7(2)5-3-4-6-9-8(10)11/h7,9H,3-6H2,1-2H3,(H,10,11). The van der Waals surface area contributed by atoms with E-state index in [1.807, 2.05) is 0 Å². The van der Waals surface area contributed by atoms with Crippen LogP contribution in [0.15, 0.2) is 0 Å². The minimum absolute atomic E-state index is 0.585. The van der Waals surface area contributed by atoms with Gasteiger partial charge in [0.1, 0.15) is 0 Å². The molecule has 66 valence electrons. The molecule has 0 rings (SSSR count). The molecular formula is C8H17NO2. The molecule has 0 heterocycles. The summed E-state index contributed by atoms with van der Waals surface area (Å²) in [6.07, 6.45) is 2.32. The van der Waals surface area contributed by atoms with E-state index in [0.29, 0.717) is 6.54 Å². The lowest BCUT2D eigenvalue weighted by atomic mass is 10.1. The summed E-state index contributed by atoms with van der Waals surface area (Å²) in [6.45, 7) is 4.93. The molecule has 2 N–H and O–H groups in total. The molecule has 0 saturated carbocycles. The maximum absolute atomic E-state index is 9.99. The number of carboxylic acid groups (broad SMARTS) is 1. The zero-order chi connectivity index (χ0) is 8.69. The van der Waals surface area contributed by atoms with Gasteiger partial charge in [0.05, 0.1) is 0 Å². The Kier molecular flexibility index (Phi) is 5.61. The van der Waals surface area contributed by atoms with E-state index >= 15 is 0 Å². The van der Waals surface area contributed by atoms with Gasteiger partial charge in [-0.05, 0) is 12.3 Å².